The van der Waals surface area contributed by atoms with Crippen LogP contribution in [0.1, 0.15) is 66.6 Å². The van der Waals surface area contributed by atoms with Gasteiger partial charge < -0.3 is 10.2 Å². The molecule has 1 N–H and O–H groups in total. The molecule has 2 aliphatic rings. The van der Waals surface area contributed by atoms with Gasteiger partial charge in [0.1, 0.15) is 0 Å². The van der Waals surface area contributed by atoms with Gasteiger partial charge in [0.15, 0.2) is 0 Å². The minimum Gasteiger partial charge on any atom is -0.346 e. The van der Waals surface area contributed by atoms with Crippen LogP contribution in [-0.2, 0) is 11.3 Å². The topological polar surface area (TPSA) is 65.5 Å². The third-order valence-corrected chi connectivity index (χ3v) is 6.44. The van der Waals surface area contributed by atoms with E-state index in [9.17, 15) is 9.59 Å². The summed E-state index contributed by atoms with van der Waals surface area (Å²) in [4.78, 5) is 33.7. The number of pyridine rings is 1. The summed E-state index contributed by atoms with van der Waals surface area (Å²) in [5.74, 6) is 0.454. The maximum absolute atomic E-state index is 13.0. The van der Waals surface area contributed by atoms with E-state index in [1.807, 2.05) is 50.1 Å². The van der Waals surface area contributed by atoms with Crippen LogP contribution in [0.5, 0.6) is 0 Å². The smallest absolute Gasteiger partial charge is 0.255 e. The number of benzene rings is 1. The predicted molar refractivity (Wildman–Crippen MR) is 127 cm³/mol. The fourth-order valence-corrected chi connectivity index (χ4v) is 4.76. The first-order chi connectivity index (χ1) is 15.3. The fourth-order valence-electron chi connectivity index (χ4n) is 4.76. The van der Waals surface area contributed by atoms with Gasteiger partial charge in [-0.3, -0.25) is 19.5 Å². The standard InChI is InChI=1S/C26H32N4O2/c1-17(2)9-19-10-22(14-27-13-19)28-26(32)20-5-6-24-18(3)15-30(16-21(24)11-20)23-7-8-29(4)25(31)12-23/h5-6,9-11,13-14,18,23H,7-8,12,15-16H2,1-4H3,(H,28,32). The van der Waals surface area contributed by atoms with Gasteiger partial charge in [0, 0.05) is 50.9 Å². The zero-order chi connectivity index (χ0) is 22.8. The third kappa shape index (κ3) is 4.91. The Morgan fingerprint density at radius 3 is 2.78 bits per heavy atom. The number of piperidine rings is 1. The van der Waals surface area contributed by atoms with E-state index in [0.29, 0.717) is 23.6 Å². The monoisotopic (exact) mass is 432 g/mol. The maximum atomic E-state index is 13.0. The zero-order valence-corrected chi connectivity index (χ0v) is 19.4. The first-order valence-electron chi connectivity index (χ1n) is 11.3. The highest BCUT2D eigenvalue weighted by Gasteiger charge is 2.32. The molecule has 32 heavy (non-hydrogen) atoms. The lowest BCUT2D eigenvalue weighted by Crippen LogP contribution is -2.48. The molecule has 0 bridgehead atoms. The van der Waals surface area contributed by atoms with Crippen molar-refractivity contribution in [3.63, 3.8) is 0 Å². The number of fused-ring (bicyclic) bond motifs is 1. The summed E-state index contributed by atoms with van der Waals surface area (Å²) in [6, 6.07) is 8.21. The van der Waals surface area contributed by atoms with Gasteiger partial charge in [-0.05, 0) is 61.1 Å². The Morgan fingerprint density at radius 2 is 2.03 bits per heavy atom. The summed E-state index contributed by atoms with van der Waals surface area (Å²) in [7, 11) is 1.88. The maximum Gasteiger partial charge on any atom is 0.255 e. The van der Waals surface area contributed by atoms with Crippen LogP contribution >= 0.6 is 0 Å². The normalized spacial score (nSPS) is 21.1. The molecular formula is C26H32N4O2. The van der Waals surface area contributed by atoms with Crippen LogP contribution in [0.2, 0.25) is 0 Å². The van der Waals surface area contributed by atoms with Crippen molar-refractivity contribution in [1.29, 1.82) is 0 Å². The lowest BCUT2D eigenvalue weighted by Gasteiger charge is -2.41. The van der Waals surface area contributed by atoms with Crippen molar-refractivity contribution in [3.05, 3.63) is 64.5 Å². The second kappa shape index (κ2) is 9.25. The number of rotatable bonds is 4. The van der Waals surface area contributed by atoms with E-state index in [4.69, 9.17) is 0 Å². The highest BCUT2D eigenvalue weighted by molar-refractivity contribution is 6.04. The van der Waals surface area contributed by atoms with Crippen molar-refractivity contribution >= 4 is 23.6 Å². The van der Waals surface area contributed by atoms with Gasteiger partial charge in [0.25, 0.3) is 5.91 Å². The van der Waals surface area contributed by atoms with Crippen LogP contribution in [0.15, 0.2) is 42.2 Å². The second-order valence-corrected chi connectivity index (χ2v) is 9.39. The van der Waals surface area contributed by atoms with Gasteiger partial charge >= 0.3 is 0 Å². The van der Waals surface area contributed by atoms with Crippen molar-refractivity contribution in [2.24, 2.45) is 0 Å². The van der Waals surface area contributed by atoms with Crippen LogP contribution in [0.3, 0.4) is 0 Å². The Bertz CT molecular complexity index is 1060. The minimum atomic E-state index is -0.136. The molecule has 6 nitrogen and oxygen atoms in total. The molecule has 0 aliphatic carbocycles. The number of hydrogen-bond acceptors (Lipinski definition) is 4. The lowest BCUT2D eigenvalue weighted by molar-refractivity contribution is -0.134. The molecule has 2 atom stereocenters. The largest absolute Gasteiger partial charge is 0.346 e. The van der Waals surface area contributed by atoms with Crippen LogP contribution in [0.4, 0.5) is 5.69 Å². The van der Waals surface area contributed by atoms with Crippen molar-refractivity contribution in [3.8, 4) is 0 Å². The average molecular weight is 433 g/mol. The molecule has 6 heteroatoms. The van der Waals surface area contributed by atoms with E-state index in [-0.39, 0.29) is 17.9 Å². The highest BCUT2D eigenvalue weighted by Crippen LogP contribution is 2.32. The van der Waals surface area contributed by atoms with Gasteiger partial charge in [-0.15, -0.1) is 0 Å². The van der Waals surface area contributed by atoms with E-state index in [0.717, 1.165) is 31.6 Å². The number of carbonyl (C=O) groups excluding carboxylic acids is 2. The van der Waals surface area contributed by atoms with Gasteiger partial charge in [-0.25, -0.2) is 0 Å². The van der Waals surface area contributed by atoms with Crippen molar-refractivity contribution in [2.45, 2.75) is 52.1 Å². The molecule has 0 spiro atoms. The Hall–Kier alpha value is -2.99. The number of amides is 2. The molecular weight excluding hydrogens is 400 g/mol. The molecule has 1 aromatic heterocycles. The van der Waals surface area contributed by atoms with Gasteiger partial charge in [0.2, 0.25) is 5.91 Å². The molecule has 2 amide bonds. The van der Waals surface area contributed by atoms with Gasteiger partial charge in [-0.2, -0.15) is 0 Å². The van der Waals surface area contributed by atoms with Crippen LogP contribution in [0.25, 0.3) is 6.08 Å². The van der Waals surface area contributed by atoms with Crippen LogP contribution in [0, 0.1) is 0 Å². The third-order valence-electron chi connectivity index (χ3n) is 6.44. The number of hydrogen-bond donors (Lipinski definition) is 1. The molecule has 1 saturated heterocycles. The van der Waals surface area contributed by atoms with E-state index in [1.54, 1.807) is 12.4 Å². The van der Waals surface area contributed by atoms with Crippen molar-refractivity contribution in [2.75, 3.05) is 25.5 Å². The zero-order valence-electron chi connectivity index (χ0n) is 19.4. The van der Waals surface area contributed by atoms with Crippen molar-refractivity contribution in [1.82, 2.24) is 14.8 Å². The molecule has 4 rings (SSSR count). The Kier molecular flexibility index (Phi) is 6.42. The molecule has 0 saturated carbocycles. The summed E-state index contributed by atoms with van der Waals surface area (Å²) < 4.78 is 0. The molecule has 2 aromatic rings. The van der Waals surface area contributed by atoms with Crippen LogP contribution in [-0.4, -0.2) is 52.8 Å². The Balaban J connectivity index is 1.50. The first kappa shape index (κ1) is 22.2. The van der Waals surface area contributed by atoms with Gasteiger partial charge in [0.05, 0.1) is 11.9 Å². The molecule has 168 valence electrons. The van der Waals surface area contributed by atoms with E-state index >= 15 is 0 Å². The molecule has 1 fully saturated rings. The number of allylic oxidation sites excluding steroid dienone is 1. The summed E-state index contributed by atoms with van der Waals surface area (Å²) >= 11 is 0. The number of likely N-dealkylation sites (tertiary alicyclic amines) is 1. The minimum absolute atomic E-state index is 0.136. The molecule has 0 radical (unpaired) electrons. The fraction of sp³-hybridized carbons (Fsp3) is 0.423. The number of anilines is 1. The second-order valence-electron chi connectivity index (χ2n) is 9.39. The van der Waals surface area contributed by atoms with E-state index in [2.05, 4.69) is 28.2 Å². The lowest BCUT2D eigenvalue weighted by atomic mass is 9.87. The Labute approximate surface area is 190 Å². The number of nitrogens with one attached hydrogen (secondary N) is 1. The molecule has 1 aromatic carbocycles. The summed E-state index contributed by atoms with van der Waals surface area (Å²) in [5, 5.41) is 2.98. The first-order valence-corrected chi connectivity index (χ1v) is 11.3. The van der Waals surface area contributed by atoms with E-state index in [1.165, 1.54) is 16.7 Å². The number of carbonyl (C=O) groups is 2. The van der Waals surface area contributed by atoms with E-state index < -0.39 is 0 Å². The van der Waals surface area contributed by atoms with Crippen LogP contribution < -0.4 is 5.32 Å². The summed E-state index contributed by atoms with van der Waals surface area (Å²) in [6.07, 6.45) is 7.06. The average Bonchev–Trinajstić information content (AvgIpc) is 2.75. The van der Waals surface area contributed by atoms with Gasteiger partial charge in [-0.1, -0.05) is 24.6 Å². The Morgan fingerprint density at radius 1 is 1.22 bits per heavy atom. The molecule has 2 aliphatic heterocycles. The number of nitrogens with zero attached hydrogens (tertiary/aromatic N) is 3. The van der Waals surface area contributed by atoms with Crippen molar-refractivity contribution < 1.29 is 9.59 Å². The molecule has 3 heterocycles. The highest BCUT2D eigenvalue weighted by atomic mass is 16.2. The quantitative estimate of drug-likeness (QED) is 0.782. The summed E-state index contributed by atoms with van der Waals surface area (Å²) in [5.41, 5.74) is 5.94. The SMILES string of the molecule is CC(C)=Cc1cncc(NC(=O)c2ccc3c(c2)CN(C2CCN(C)C(=O)C2)CC3C)c1. The number of aromatic nitrogens is 1. The predicted octanol–water partition coefficient (Wildman–Crippen LogP) is 4.30. The molecule has 2 unspecified atom stereocenters. The summed E-state index contributed by atoms with van der Waals surface area (Å²) in [6.45, 7) is 8.82.